The summed E-state index contributed by atoms with van der Waals surface area (Å²) in [4.78, 5) is 18.9. The molecule has 1 N–H and O–H groups in total. The molecule has 22 heavy (non-hydrogen) atoms. The summed E-state index contributed by atoms with van der Waals surface area (Å²) in [5.41, 5.74) is -0.153. The number of carbonyl (C=O) groups is 1. The second kappa shape index (κ2) is 6.77. The van der Waals surface area contributed by atoms with Gasteiger partial charge < -0.3 is 14.7 Å². The van der Waals surface area contributed by atoms with Crippen molar-refractivity contribution in [3.8, 4) is 0 Å². The molecule has 2 rings (SSSR count). The summed E-state index contributed by atoms with van der Waals surface area (Å²) in [5.74, 6) is 1.69. The number of amides is 1. The largest absolute Gasteiger partial charge is 0.345 e. The van der Waals surface area contributed by atoms with Crippen molar-refractivity contribution in [1.82, 2.24) is 20.4 Å². The van der Waals surface area contributed by atoms with Gasteiger partial charge >= 0.3 is 0 Å². The van der Waals surface area contributed by atoms with E-state index in [-0.39, 0.29) is 17.4 Å². The number of likely N-dealkylation sites (tertiary alicyclic amines) is 1. The van der Waals surface area contributed by atoms with Crippen LogP contribution in [0.25, 0.3) is 0 Å². The fourth-order valence-corrected chi connectivity index (χ4v) is 2.61. The van der Waals surface area contributed by atoms with Crippen LogP contribution in [0.2, 0.25) is 0 Å². The van der Waals surface area contributed by atoms with Crippen LogP contribution in [0.5, 0.6) is 0 Å². The third kappa shape index (κ3) is 4.53. The van der Waals surface area contributed by atoms with Crippen molar-refractivity contribution < 1.29 is 9.32 Å². The maximum Gasteiger partial charge on any atom is 0.248 e. The third-order valence-corrected chi connectivity index (χ3v) is 4.17. The van der Waals surface area contributed by atoms with Gasteiger partial charge in [0.25, 0.3) is 0 Å². The van der Waals surface area contributed by atoms with Gasteiger partial charge in [-0.15, -0.1) is 0 Å². The highest BCUT2D eigenvalue weighted by Gasteiger charge is 2.25. The van der Waals surface area contributed by atoms with Crippen LogP contribution in [-0.2, 0) is 10.2 Å². The summed E-state index contributed by atoms with van der Waals surface area (Å²) in [6.45, 7) is 10.1. The third-order valence-electron chi connectivity index (χ3n) is 4.17. The van der Waals surface area contributed by atoms with Crippen LogP contribution < -0.4 is 5.32 Å². The average Bonchev–Trinajstić information content (AvgIpc) is 2.91. The standard InChI is InChI=1S/C16H28N4O2/c1-11(14-18-15(19-22-14)16(2,3)4)17-13(21)10-12-6-8-20(5)9-7-12/h11-12H,6-10H2,1-5H3,(H,17,21). The Labute approximate surface area is 132 Å². The highest BCUT2D eigenvalue weighted by Crippen LogP contribution is 2.22. The van der Waals surface area contributed by atoms with Gasteiger partial charge in [0.2, 0.25) is 11.8 Å². The van der Waals surface area contributed by atoms with E-state index in [1.165, 1.54) is 0 Å². The van der Waals surface area contributed by atoms with Crippen LogP contribution in [0.1, 0.15) is 64.7 Å². The molecule has 1 unspecified atom stereocenters. The van der Waals surface area contributed by atoms with Gasteiger partial charge in [0.1, 0.15) is 6.04 Å². The van der Waals surface area contributed by atoms with E-state index >= 15 is 0 Å². The van der Waals surface area contributed by atoms with Gasteiger partial charge in [0.15, 0.2) is 5.82 Å². The maximum absolute atomic E-state index is 12.2. The molecule has 1 aromatic heterocycles. The van der Waals surface area contributed by atoms with Crippen LogP contribution in [0.15, 0.2) is 4.52 Å². The normalized spacial score (nSPS) is 19.1. The van der Waals surface area contributed by atoms with Crippen molar-refractivity contribution in [2.24, 2.45) is 5.92 Å². The van der Waals surface area contributed by atoms with E-state index in [1.54, 1.807) is 0 Å². The van der Waals surface area contributed by atoms with E-state index in [0.29, 0.717) is 24.1 Å². The lowest BCUT2D eigenvalue weighted by molar-refractivity contribution is -0.123. The minimum Gasteiger partial charge on any atom is -0.345 e. The summed E-state index contributed by atoms with van der Waals surface area (Å²) >= 11 is 0. The van der Waals surface area contributed by atoms with Gasteiger partial charge in [-0.05, 0) is 45.8 Å². The Morgan fingerprint density at radius 2 is 2.05 bits per heavy atom. The molecule has 0 aliphatic carbocycles. The van der Waals surface area contributed by atoms with E-state index in [2.05, 4.69) is 27.4 Å². The molecule has 1 aliphatic rings. The molecule has 2 heterocycles. The van der Waals surface area contributed by atoms with Crippen molar-refractivity contribution in [2.75, 3.05) is 20.1 Å². The van der Waals surface area contributed by atoms with Crippen molar-refractivity contribution in [2.45, 2.75) is 58.4 Å². The van der Waals surface area contributed by atoms with Crippen LogP contribution in [0, 0.1) is 5.92 Å². The molecule has 0 bridgehead atoms. The predicted molar refractivity (Wildman–Crippen MR) is 84.4 cm³/mol. The second-order valence-electron chi connectivity index (χ2n) is 7.45. The number of piperidine rings is 1. The van der Waals surface area contributed by atoms with E-state index in [0.717, 1.165) is 25.9 Å². The maximum atomic E-state index is 12.2. The van der Waals surface area contributed by atoms with Gasteiger partial charge in [-0.3, -0.25) is 4.79 Å². The molecule has 0 spiro atoms. The van der Waals surface area contributed by atoms with E-state index < -0.39 is 0 Å². The van der Waals surface area contributed by atoms with Crippen LogP contribution >= 0.6 is 0 Å². The zero-order chi connectivity index (χ0) is 16.3. The van der Waals surface area contributed by atoms with E-state index in [9.17, 15) is 4.79 Å². The summed E-state index contributed by atoms with van der Waals surface area (Å²) in [7, 11) is 2.13. The van der Waals surface area contributed by atoms with E-state index in [4.69, 9.17) is 4.52 Å². The van der Waals surface area contributed by atoms with Gasteiger partial charge in [-0.2, -0.15) is 4.98 Å². The molecule has 124 valence electrons. The Bertz CT molecular complexity index is 498. The lowest BCUT2D eigenvalue weighted by Crippen LogP contribution is -2.34. The average molecular weight is 308 g/mol. The molecule has 1 atom stereocenters. The number of nitrogens with zero attached hydrogens (tertiary/aromatic N) is 3. The molecule has 1 aliphatic heterocycles. The first kappa shape index (κ1) is 16.9. The molecule has 1 aromatic rings. The van der Waals surface area contributed by atoms with Crippen molar-refractivity contribution >= 4 is 5.91 Å². The molecule has 1 fully saturated rings. The molecule has 1 saturated heterocycles. The number of aromatic nitrogens is 2. The van der Waals surface area contributed by atoms with Crippen LogP contribution in [0.3, 0.4) is 0 Å². The summed E-state index contributed by atoms with van der Waals surface area (Å²) in [6, 6.07) is -0.248. The minimum atomic E-state index is -0.248. The first-order valence-electron chi connectivity index (χ1n) is 8.07. The molecule has 0 saturated carbocycles. The molecular formula is C16H28N4O2. The zero-order valence-corrected chi connectivity index (χ0v) is 14.3. The Morgan fingerprint density at radius 1 is 1.41 bits per heavy atom. The SMILES string of the molecule is CC(NC(=O)CC1CCN(C)CC1)c1nc(C(C)(C)C)no1. The molecule has 0 aromatic carbocycles. The van der Waals surface area contributed by atoms with Crippen LogP contribution in [0.4, 0.5) is 0 Å². The van der Waals surface area contributed by atoms with Gasteiger partial charge in [-0.25, -0.2) is 0 Å². The van der Waals surface area contributed by atoms with Gasteiger partial charge in [-0.1, -0.05) is 25.9 Å². The smallest absolute Gasteiger partial charge is 0.248 e. The molecule has 0 radical (unpaired) electrons. The lowest BCUT2D eigenvalue weighted by atomic mass is 9.93. The zero-order valence-electron chi connectivity index (χ0n) is 14.3. The number of rotatable bonds is 4. The summed E-state index contributed by atoms with van der Waals surface area (Å²) in [5, 5.41) is 6.97. The topological polar surface area (TPSA) is 71.3 Å². The number of hydrogen-bond donors (Lipinski definition) is 1. The molecule has 6 nitrogen and oxygen atoms in total. The first-order valence-corrected chi connectivity index (χ1v) is 8.07. The summed E-state index contributed by atoms with van der Waals surface area (Å²) in [6.07, 6.45) is 2.76. The second-order valence-corrected chi connectivity index (χ2v) is 7.45. The van der Waals surface area contributed by atoms with Crippen LogP contribution in [-0.4, -0.2) is 41.1 Å². The monoisotopic (exact) mass is 308 g/mol. The number of hydrogen-bond acceptors (Lipinski definition) is 5. The lowest BCUT2D eigenvalue weighted by Gasteiger charge is -2.28. The Kier molecular flexibility index (Phi) is 5.21. The summed E-state index contributed by atoms with van der Waals surface area (Å²) < 4.78 is 5.28. The van der Waals surface area contributed by atoms with Gasteiger partial charge in [0.05, 0.1) is 0 Å². The Morgan fingerprint density at radius 3 is 2.59 bits per heavy atom. The van der Waals surface area contributed by atoms with Crippen molar-refractivity contribution in [1.29, 1.82) is 0 Å². The highest BCUT2D eigenvalue weighted by molar-refractivity contribution is 5.76. The van der Waals surface area contributed by atoms with E-state index in [1.807, 2.05) is 27.7 Å². The van der Waals surface area contributed by atoms with Gasteiger partial charge in [0, 0.05) is 11.8 Å². The predicted octanol–water partition coefficient (Wildman–Crippen LogP) is 2.28. The van der Waals surface area contributed by atoms with Crippen molar-refractivity contribution in [3.05, 3.63) is 11.7 Å². The quantitative estimate of drug-likeness (QED) is 0.924. The Hall–Kier alpha value is -1.43. The number of carbonyl (C=O) groups excluding carboxylic acids is 1. The highest BCUT2D eigenvalue weighted by atomic mass is 16.5. The Balaban J connectivity index is 1.84. The molecule has 1 amide bonds. The minimum absolute atomic E-state index is 0.0672. The number of nitrogens with one attached hydrogen (secondary N) is 1. The fraction of sp³-hybridized carbons (Fsp3) is 0.812. The van der Waals surface area contributed by atoms with Crippen molar-refractivity contribution in [3.63, 3.8) is 0 Å². The fourth-order valence-electron chi connectivity index (χ4n) is 2.61. The molecule has 6 heteroatoms. The molecular weight excluding hydrogens is 280 g/mol. The first-order chi connectivity index (χ1) is 10.3.